The second-order valence-electron chi connectivity index (χ2n) is 21.8. The molecule has 1 amide bonds. The van der Waals surface area contributed by atoms with Crippen LogP contribution < -0.4 is 5.32 Å². The second kappa shape index (κ2) is 57.4. The topological polar surface area (TPSA) is 111 Å². The Bertz CT molecular complexity index is 1810. The minimum Gasteiger partial charge on any atom is -0.456 e. The molecule has 0 aromatic heterocycles. The summed E-state index contributed by atoms with van der Waals surface area (Å²) in [6.07, 6.45) is 81.7. The standard InChI is InChI=1S/C69H117N2O7P/c1-7-10-13-16-19-22-25-27-29-31-33-34-35-36-38-39-41-43-46-49-52-55-58-61-68(72)70-66(65-77-79(74,75)76-64-63-71(4,5)6)67(60-57-54-51-48-45-24-21-18-15-12-9-3)78-69(73)62-59-56-53-50-47-44-42-40-37-32-30-28-26-23-20-17-14-11-8-2/h10,13,19-20,22-23,27-30,33-34,36-38,40-41,43-44,47,57,60,66-67H,7-9,11-12,14-18,21,24-26,31-32,35,39,42,45-46,48-56,58-59,61-65H2,1-6H3,(H-,70,72,74,75)/p+1/b13-10-,22-19-,23-20-,29-27-,30-28-,34-33-,38-36-,40-37-,43-41-,47-44-,60-57-. The molecule has 3 unspecified atom stereocenters. The third-order valence-corrected chi connectivity index (χ3v) is 14.1. The summed E-state index contributed by atoms with van der Waals surface area (Å²) in [5.41, 5.74) is 0. The SMILES string of the molecule is CC/C=C\C/C=C\C/C=C\C/C=C\C/C=C\C/C=C\CCCCCCC(=O)NC(COP(=O)(O)OCC[N+](C)(C)C)C(/C=C\CCCCCCCCCCC)OC(=O)CCCCC/C=C\C/C=C\C/C=C\C/C=C\CCCCC. The van der Waals surface area contributed by atoms with E-state index in [-0.39, 0.29) is 37.9 Å². The van der Waals surface area contributed by atoms with Gasteiger partial charge in [-0.05, 0) is 128 Å². The lowest BCUT2D eigenvalue weighted by Gasteiger charge is -2.27. The van der Waals surface area contributed by atoms with Crippen molar-refractivity contribution in [2.24, 2.45) is 0 Å². The van der Waals surface area contributed by atoms with Crippen LogP contribution in [0.2, 0.25) is 0 Å². The lowest BCUT2D eigenvalue weighted by Crippen LogP contribution is -2.47. The Morgan fingerprint density at radius 2 is 0.810 bits per heavy atom. The molecule has 10 heteroatoms. The number of hydrogen-bond donors (Lipinski definition) is 2. The first-order valence-corrected chi connectivity index (χ1v) is 33.0. The molecule has 0 aliphatic heterocycles. The number of quaternary nitrogens is 1. The van der Waals surface area contributed by atoms with Crippen molar-refractivity contribution < 1.29 is 37.3 Å². The van der Waals surface area contributed by atoms with Gasteiger partial charge < -0.3 is 19.4 Å². The number of carbonyl (C=O) groups excluding carboxylic acids is 2. The molecule has 0 heterocycles. The molecule has 0 spiro atoms. The Hall–Kier alpha value is -3.85. The summed E-state index contributed by atoms with van der Waals surface area (Å²) in [6.45, 7) is 6.80. The molecule has 9 nitrogen and oxygen atoms in total. The van der Waals surface area contributed by atoms with Crippen molar-refractivity contribution in [3.63, 3.8) is 0 Å². The maximum atomic E-state index is 13.5. The van der Waals surface area contributed by atoms with Gasteiger partial charge in [0.15, 0.2) is 0 Å². The first-order valence-electron chi connectivity index (χ1n) is 31.5. The molecular weight excluding hydrogens is 1000 g/mol. The predicted molar refractivity (Wildman–Crippen MR) is 341 cm³/mol. The van der Waals surface area contributed by atoms with E-state index in [2.05, 4.69) is 148 Å². The van der Waals surface area contributed by atoms with Crippen LogP contribution in [-0.2, 0) is 27.9 Å². The zero-order valence-electron chi connectivity index (χ0n) is 51.3. The number of unbranched alkanes of at least 4 members (excludes halogenated alkanes) is 19. The number of allylic oxidation sites excluding steroid dienone is 21. The first-order chi connectivity index (χ1) is 38.4. The van der Waals surface area contributed by atoms with Crippen LogP contribution in [0, 0.1) is 0 Å². The number of nitrogens with one attached hydrogen (secondary N) is 1. The van der Waals surface area contributed by atoms with Crippen LogP contribution >= 0.6 is 7.82 Å². The molecular formula is C69H118N2O7P+. The van der Waals surface area contributed by atoms with Gasteiger partial charge in [0.25, 0.3) is 0 Å². The highest BCUT2D eigenvalue weighted by molar-refractivity contribution is 7.47. The van der Waals surface area contributed by atoms with Crippen molar-refractivity contribution in [3.8, 4) is 0 Å². The number of esters is 1. The van der Waals surface area contributed by atoms with Gasteiger partial charge in [-0.15, -0.1) is 0 Å². The fourth-order valence-electron chi connectivity index (χ4n) is 8.22. The number of rotatable bonds is 55. The summed E-state index contributed by atoms with van der Waals surface area (Å²) in [6, 6.07) is -0.885. The lowest BCUT2D eigenvalue weighted by molar-refractivity contribution is -0.870. The Kier molecular flexibility index (Phi) is 54.6. The summed E-state index contributed by atoms with van der Waals surface area (Å²) >= 11 is 0. The van der Waals surface area contributed by atoms with Crippen molar-refractivity contribution in [1.29, 1.82) is 0 Å². The van der Waals surface area contributed by atoms with E-state index >= 15 is 0 Å². The summed E-state index contributed by atoms with van der Waals surface area (Å²) in [7, 11) is 1.44. The average molecular weight is 1120 g/mol. The monoisotopic (exact) mass is 1120 g/mol. The van der Waals surface area contributed by atoms with Gasteiger partial charge in [0.05, 0.1) is 33.8 Å². The summed E-state index contributed by atoms with van der Waals surface area (Å²) in [5, 5.41) is 3.03. The fourth-order valence-corrected chi connectivity index (χ4v) is 8.95. The van der Waals surface area contributed by atoms with Gasteiger partial charge in [-0.25, -0.2) is 4.57 Å². The van der Waals surface area contributed by atoms with Crippen molar-refractivity contribution >= 4 is 19.7 Å². The smallest absolute Gasteiger partial charge is 0.456 e. The molecule has 0 bridgehead atoms. The van der Waals surface area contributed by atoms with E-state index in [9.17, 15) is 19.0 Å². The number of carbonyl (C=O) groups is 2. The van der Waals surface area contributed by atoms with Crippen LogP contribution in [0.5, 0.6) is 0 Å². The van der Waals surface area contributed by atoms with E-state index < -0.39 is 20.0 Å². The van der Waals surface area contributed by atoms with Crippen molar-refractivity contribution in [2.45, 2.75) is 251 Å². The zero-order valence-corrected chi connectivity index (χ0v) is 52.2. The molecule has 3 atom stereocenters. The first kappa shape index (κ1) is 75.2. The van der Waals surface area contributed by atoms with Gasteiger partial charge in [0.2, 0.25) is 5.91 Å². The number of amides is 1. The Labute approximate surface area is 485 Å². The van der Waals surface area contributed by atoms with Gasteiger partial charge in [-0.1, -0.05) is 232 Å². The highest BCUT2D eigenvalue weighted by Crippen LogP contribution is 2.43. The molecule has 0 aromatic rings. The Morgan fingerprint density at radius 1 is 0.456 bits per heavy atom. The van der Waals surface area contributed by atoms with Gasteiger partial charge in [0, 0.05) is 12.8 Å². The summed E-state index contributed by atoms with van der Waals surface area (Å²) in [4.78, 5) is 37.7. The van der Waals surface area contributed by atoms with E-state index in [4.69, 9.17) is 13.8 Å². The van der Waals surface area contributed by atoms with Crippen LogP contribution in [0.15, 0.2) is 134 Å². The van der Waals surface area contributed by atoms with Crippen molar-refractivity contribution in [2.75, 3.05) is 40.9 Å². The van der Waals surface area contributed by atoms with E-state index in [1.165, 1.54) is 70.6 Å². The molecule has 0 radical (unpaired) electrons. The van der Waals surface area contributed by atoms with Crippen LogP contribution in [0.3, 0.4) is 0 Å². The van der Waals surface area contributed by atoms with E-state index in [1.54, 1.807) is 0 Å². The van der Waals surface area contributed by atoms with Crippen molar-refractivity contribution in [3.05, 3.63) is 134 Å². The number of likely N-dealkylation sites (N-methyl/N-ethyl adjacent to an activating group) is 1. The summed E-state index contributed by atoms with van der Waals surface area (Å²) < 4.78 is 30.6. The average Bonchev–Trinajstić information content (AvgIpc) is 3.41. The van der Waals surface area contributed by atoms with Crippen LogP contribution in [0.25, 0.3) is 0 Å². The Balaban J connectivity index is 5.32. The molecule has 0 saturated carbocycles. The van der Waals surface area contributed by atoms with E-state index in [1.807, 2.05) is 33.3 Å². The van der Waals surface area contributed by atoms with Crippen LogP contribution in [0.1, 0.15) is 239 Å². The maximum absolute atomic E-state index is 13.5. The molecule has 0 saturated heterocycles. The van der Waals surface area contributed by atoms with Gasteiger partial charge in [-0.2, -0.15) is 0 Å². The Morgan fingerprint density at radius 3 is 1.25 bits per heavy atom. The second-order valence-corrected chi connectivity index (χ2v) is 23.3. The van der Waals surface area contributed by atoms with Gasteiger partial charge >= 0.3 is 13.8 Å². The number of ether oxygens (including phenoxy) is 1. The van der Waals surface area contributed by atoms with Crippen molar-refractivity contribution in [1.82, 2.24) is 5.32 Å². The van der Waals surface area contributed by atoms with Crippen LogP contribution in [0.4, 0.5) is 0 Å². The maximum Gasteiger partial charge on any atom is 0.472 e. The molecule has 2 N–H and O–H groups in total. The summed E-state index contributed by atoms with van der Waals surface area (Å²) in [5.74, 6) is -0.581. The van der Waals surface area contributed by atoms with E-state index in [0.717, 1.165) is 122 Å². The van der Waals surface area contributed by atoms with Gasteiger partial charge in [0.1, 0.15) is 19.3 Å². The quantitative estimate of drug-likeness (QED) is 0.0205. The molecule has 0 fully saturated rings. The number of phosphoric acid groups is 1. The zero-order chi connectivity index (χ0) is 57.9. The van der Waals surface area contributed by atoms with E-state index in [0.29, 0.717) is 23.9 Å². The largest absolute Gasteiger partial charge is 0.472 e. The highest BCUT2D eigenvalue weighted by Gasteiger charge is 2.30. The third-order valence-electron chi connectivity index (χ3n) is 13.1. The minimum absolute atomic E-state index is 0.0217. The fraction of sp³-hybridized carbons (Fsp3) is 0.652. The third kappa shape index (κ3) is 58.6. The lowest BCUT2D eigenvalue weighted by atomic mass is 10.1. The molecule has 0 rings (SSSR count). The van der Waals surface area contributed by atoms with Crippen LogP contribution in [-0.4, -0.2) is 74.3 Å². The predicted octanol–water partition coefficient (Wildman–Crippen LogP) is 19.7. The molecule has 450 valence electrons. The van der Waals surface area contributed by atoms with Gasteiger partial charge in [-0.3, -0.25) is 18.6 Å². The number of nitrogens with zero attached hydrogens (tertiary/aromatic N) is 1. The molecule has 0 aliphatic rings. The molecule has 79 heavy (non-hydrogen) atoms. The number of hydrogen-bond acceptors (Lipinski definition) is 6. The number of phosphoric ester groups is 1. The highest BCUT2D eigenvalue weighted by atomic mass is 31.2. The molecule has 0 aromatic carbocycles. The normalized spacial score (nSPS) is 14.6. The molecule has 0 aliphatic carbocycles. The minimum atomic E-state index is -4.47.